The highest BCUT2D eigenvalue weighted by Gasteiger charge is 2.23. The van der Waals surface area contributed by atoms with Gasteiger partial charge in [-0.15, -0.1) is 0 Å². The summed E-state index contributed by atoms with van der Waals surface area (Å²) in [6.07, 6.45) is -0.00367. The van der Waals surface area contributed by atoms with E-state index < -0.39 is 16.0 Å². The Kier molecular flexibility index (Phi) is 5.50. The van der Waals surface area contributed by atoms with E-state index >= 15 is 0 Å². The van der Waals surface area contributed by atoms with Gasteiger partial charge in [0.25, 0.3) is 0 Å². The Morgan fingerprint density at radius 1 is 1.32 bits per heavy atom. The van der Waals surface area contributed by atoms with Crippen molar-refractivity contribution in [3.63, 3.8) is 0 Å². The average molecular weight is 285 g/mol. The third-order valence-electron chi connectivity index (χ3n) is 3.06. The normalized spacial score (nSPS) is 13.4. The predicted molar refractivity (Wildman–Crippen MR) is 73.3 cm³/mol. The molecule has 1 atom stereocenters. The zero-order valence-corrected chi connectivity index (χ0v) is 11.9. The zero-order valence-electron chi connectivity index (χ0n) is 11.1. The van der Waals surface area contributed by atoms with E-state index in [9.17, 15) is 13.2 Å². The van der Waals surface area contributed by atoms with Gasteiger partial charge < -0.3 is 5.11 Å². The van der Waals surface area contributed by atoms with E-state index in [1.165, 1.54) is 11.4 Å². The maximum absolute atomic E-state index is 12.1. The fourth-order valence-corrected chi connectivity index (χ4v) is 3.13. The van der Waals surface area contributed by atoms with Gasteiger partial charge in [-0.3, -0.25) is 4.79 Å². The van der Waals surface area contributed by atoms with E-state index in [1.54, 1.807) is 0 Å². The molecule has 19 heavy (non-hydrogen) atoms. The largest absolute Gasteiger partial charge is 0.481 e. The first-order chi connectivity index (χ1) is 8.84. The molecule has 0 fully saturated rings. The molecular weight excluding hydrogens is 266 g/mol. The summed E-state index contributed by atoms with van der Waals surface area (Å²) < 4.78 is 25.4. The summed E-state index contributed by atoms with van der Waals surface area (Å²) in [6.45, 7) is 1.81. The lowest BCUT2D eigenvalue weighted by Gasteiger charge is -2.24. The van der Waals surface area contributed by atoms with Crippen molar-refractivity contribution >= 4 is 16.0 Å². The molecule has 0 saturated carbocycles. The number of nitrogens with zero attached hydrogens (tertiary/aromatic N) is 1. The Bertz CT molecular complexity index is 513. The van der Waals surface area contributed by atoms with Gasteiger partial charge in [-0.2, -0.15) is 4.31 Å². The lowest BCUT2D eigenvalue weighted by atomic mass is 10.1. The Morgan fingerprint density at radius 2 is 1.89 bits per heavy atom. The topological polar surface area (TPSA) is 74.7 Å². The maximum atomic E-state index is 12.1. The van der Waals surface area contributed by atoms with E-state index in [1.807, 2.05) is 37.3 Å². The van der Waals surface area contributed by atoms with Gasteiger partial charge in [0.15, 0.2) is 0 Å². The van der Waals surface area contributed by atoms with Crippen molar-refractivity contribution in [2.75, 3.05) is 12.8 Å². The van der Waals surface area contributed by atoms with Gasteiger partial charge in [-0.25, -0.2) is 8.42 Å². The van der Waals surface area contributed by atoms with Crippen LogP contribution in [0.1, 0.15) is 31.4 Å². The molecule has 0 heterocycles. The van der Waals surface area contributed by atoms with Crippen LogP contribution in [0.2, 0.25) is 0 Å². The molecule has 1 rings (SSSR count). The van der Waals surface area contributed by atoms with Crippen molar-refractivity contribution in [2.24, 2.45) is 0 Å². The average Bonchev–Trinajstić information content (AvgIpc) is 2.37. The van der Waals surface area contributed by atoms with Crippen molar-refractivity contribution in [3.05, 3.63) is 35.9 Å². The SMILES string of the molecule is CC(c1ccccc1)N(C)S(=O)(=O)CCCC(=O)O. The van der Waals surface area contributed by atoms with Crippen LogP contribution in [0.4, 0.5) is 0 Å². The lowest BCUT2D eigenvalue weighted by Crippen LogP contribution is -2.32. The minimum Gasteiger partial charge on any atom is -0.481 e. The van der Waals surface area contributed by atoms with Crippen LogP contribution in [0, 0.1) is 0 Å². The summed E-state index contributed by atoms with van der Waals surface area (Å²) >= 11 is 0. The van der Waals surface area contributed by atoms with Gasteiger partial charge in [-0.1, -0.05) is 30.3 Å². The Labute approximate surface area is 113 Å². The second-order valence-corrected chi connectivity index (χ2v) is 6.56. The molecule has 106 valence electrons. The fraction of sp³-hybridized carbons (Fsp3) is 0.462. The van der Waals surface area contributed by atoms with Gasteiger partial charge in [0, 0.05) is 19.5 Å². The van der Waals surface area contributed by atoms with Crippen LogP contribution in [-0.2, 0) is 14.8 Å². The minimum absolute atomic E-state index is 0.128. The first-order valence-electron chi connectivity index (χ1n) is 6.07. The number of hydrogen-bond donors (Lipinski definition) is 1. The quantitative estimate of drug-likeness (QED) is 0.830. The van der Waals surface area contributed by atoms with Crippen molar-refractivity contribution in [1.82, 2.24) is 4.31 Å². The summed E-state index contributed by atoms with van der Waals surface area (Å²) in [5.41, 5.74) is 0.909. The summed E-state index contributed by atoms with van der Waals surface area (Å²) in [7, 11) is -1.91. The molecule has 1 aromatic carbocycles. The third-order valence-corrected chi connectivity index (χ3v) is 5.06. The number of carbonyl (C=O) groups is 1. The number of sulfonamides is 1. The van der Waals surface area contributed by atoms with Crippen molar-refractivity contribution in [3.8, 4) is 0 Å². The van der Waals surface area contributed by atoms with Crippen LogP contribution < -0.4 is 0 Å². The first-order valence-corrected chi connectivity index (χ1v) is 7.68. The van der Waals surface area contributed by atoms with Gasteiger partial charge in [0.2, 0.25) is 10.0 Å². The lowest BCUT2D eigenvalue weighted by molar-refractivity contribution is -0.137. The molecule has 0 aromatic heterocycles. The number of carboxylic acids is 1. The molecule has 5 nitrogen and oxygen atoms in total. The monoisotopic (exact) mass is 285 g/mol. The number of aliphatic carboxylic acids is 1. The van der Waals surface area contributed by atoms with Crippen LogP contribution in [-0.4, -0.2) is 36.6 Å². The van der Waals surface area contributed by atoms with Gasteiger partial charge in [-0.05, 0) is 18.9 Å². The minimum atomic E-state index is -3.43. The maximum Gasteiger partial charge on any atom is 0.303 e. The van der Waals surface area contributed by atoms with Crippen molar-refractivity contribution < 1.29 is 18.3 Å². The second kappa shape index (κ2) is 6.68. The summed E-state index contributed by atoms with van der Waals surface area (Å²) in [4.78, 5) is 10.4. The molecule has 0 saturated heterocycles. The number of benzene rings is 1. The Hall–Kier alpha value is -1.40. The number of carboxylic acid groups (broad SMARTS) is 1. The fourth-order valence-electron chi connectivity index (χ4n) is 1.73. The molecule has 0 aliphatic carbocycles. The smallest absolute Gasteiger partial charge is 0.303 e. The molecule has 0 amide bonds. The molecule has 0 bridgehead atoms. The van der Waals surface area contributed by atoms with Crippen LogP contribution in [0.3, 0.4) is 0 Å². The number of hydrogen-bond acceptors (Lipinski definition) is 3. The Morgan fingerprint density at radius 3 is 2.42 bits per heavy atom. The molecule has 0 aliphatic rings. The van der Waals surface area contributed by atoms with E-state index in [-0.39, 0.29) is 24.6 Å². The first kappa shape index (κ1) is 15.7. The zero-order chi connectivity index (χ0) is 14.5. The van der Waals surface area contributed by atoms with Crippen LogP contribution in [0.15, 0.2) is 30.3 Å². The van der Waals surface area contributed by atoms with E-state index in [0.29, 0.717) is 0 Å². The van der Waals surface area contributed by atoms with Gasteiger partial charge >= 0.3 is 5.97 Å². The van der Waals surface area contributed by atoms with Crippen LogP contribution >= 0.6 is 0 Å². The standard InChI is InChI=1S/C13H19NO4S/c1-11(12-7-4-3-5-8-12)14(2)19(17,18)10-6-9-13(15)16/h3-5,7-8,11H,6,9-10H2,1-2H3,(H,15,16). The molecule has 6 heteroatoms. The Balaban J connectivity index is 2.70. The second-order valence-electron chi connectivity index (χ2n) is 4.42. The third kappa shape index (κ3) is 4.65. The van der Waals surface area contributed by atoms with Crippen LogP contribution in [0.25, 0.3) is 0 Å². The van der Waals surface area contributed by atoms with Gasteiger partial charge in [0.05, 0.1) is 5.75 Å². The highest BCUT2D eigenvalue weighted by Crippen LogP contribution is 2.21. The summed E-state index contributed by atoms with van der Waals surface area (Å²) in [6, 6.07) is 9.06. The molecule has 1 N–H and O–H groups in total. The molecular formula is C13H19NO4S. The summed E-state index contributed by atoms with van der Waals surface area (Å²) in [5, 5.41) is 8.53. The molecule has 0 aliphatic heterocycles. The molecule has 0 spiro atoms. The highest BCUT2D eigenvalue weighted by molar-refractivity contribution is 7.89. The van der Waals surface area contributed by atoms with Crippen molar-refractivity contribution in [2.45, 2.75) is 25.8 Å². The number of rotatable bonds is 7. The predicted octanol–water partition coefficient (Wildman–Crippen LogP) is 1.87. The molecule has 0 radical (unpaired) electrons. The highest BCUT2D eigenvalue weighted by atomic mass is 32.2. The van der Waals surface area contributed by atoms with Crippen LogP contribution in [0.5, 0.6) is 0 Å². The van der Waals surface area contributed by atoms with E-state index in [0.717, 1.165) is 5.56 Å². The molecule has 1 aromatic rings. The summed E-state index contributed by atoms with van der Waals surface area (Å²) in [5.74, 6) is -1.12. The van der Waals surface area contributed by atoms with Gasteiger partial charge in [0.1, 0.15) is 0 Å². The van der Waals surface area contributed by atoms with Crippen molar-refractivity contribution in [1.29, 1.82) is 0 Å². The van der Waals surface area contributed by atoms with E-state index in [2.05, 4.69) is 0 Å². The van der Waals surface area contributed by atoms with E-state index in [4.69, 9.17) is 5.11 Å². The molecule has 1 unspecified atom stereocenters.